The van der Waals surface area contributed by atoms with Gasteiger partial charge < -0.3 is 0 Å². The highest BCUT2D eigenvalue weighted by Gasteiger charge is 2.00. The van der Waals surface area contributed by atoms with Gasteiger partial charge in [-0.1, -0.05) is 54.6 Å². The van der Waals surface area contributed by atoms with Crippen molar-refractivity contribution in [2.45, 2.75) is 0 Å². The number of rotatable bonds is 3. The third kappa shape index (κ3) is 3.74. The number of nitrogens with zero attached hydrogens (tertiary/aromatic N) is 1. The number of thiophene rings is 1. The van der Waals surface area contributed by atoms with Crippen molar-refractivity contribution in [2.75, 3.05) is 0 Å². The zero-order valence-corrected chi connectivity index (χ0v) is 16.1. The molecule has 4 rings (SSSR count). The van der Waals surface area contributed by atoms with Gasteiger partial charge in [0.1, 0.15) is 0 Å². The highest BCUT2D eigenvalue weighted by molar-refractivity contribution is 14.0. The highest BCUT2D eigenvalue weighted by Crippen LogP contribution is 2.29. The van der Waals surface area contributed by atoms with E-state index in [2.05, 4.69) is 71.7 Å². The first-order valence-electron chi connectivity index (χ1n) is 7.58. The smallest absolute Gasteiger partial charge is 0.0709 e. The van der Waals surface area contributed by atoms with Crippen LogP contribution in [-0.2, 0) is 0 Å². The molecule has 4 aromatic rings. The third-order valence-corrected chi connectivity index (χ3v) is 4.82. The van der Waals surface area contributed by atoms with Crippen LogP contribution >= 0.6 is 35.3 Å². The van der Waals surface area contributed by atoms with Crippen LogP contribution in [-0.4, -0.2) is 4.98 Å². The molecule has 24 heavy (non-hydrogen) atoms. The molecule has 0 spiro atoms. The minimum absolute atomic E-state index is 0. The second kappa shape index (κ2) is 7.73. The number of fused-ring (bicyclic) bond motifs is 1. The fourth-order valence-electron chi connectivity index (χ4n) is 2.54. The van der Waals surface area contributed by atoms with Crippen molar-refractivity contribution >= 4 is 58.4 Å². The van der Waals surface area contributed by atoms with Crippen LogP contribution in [0.2, 0.25) is 0 Å². The third-order valence-electron chi connectivity index (χ3n) is 3.72. The lowest BCUT2D eigenvalue weighted by molar-refractivity contribution is 1.37. The average molecular weight is 441 g/mol. The summed E-state index contributed by atoms with van der Waals surface area (Å²) in [5.41, 5.74) is 3.28. The van der Waals surface area contributed by atoms with Crippen LogP contribution < -0.4 is 0 Å². The maximum absolute atomic E-state index is 4.67. The standard InChI is InChI=1S/C21H15NS.HI/c1-2-7-17(8-3-1)21-15-14-19(23-21)13-12-18-11-10-16-6-4-5-9-20(16)22-18;/h1-15H;1H/b13-12+;. The number of halogens is 1. The lowest BCUT2D eigenvalue weighted by Gasteiger charge is -1.98. The molecule has 118 valence electrons. The monoisotopic (exact) mass is 441 g/mol. The molecule has 0 amide bonds. The Balaban J connectivity index is 0.00000169. The number of aromatic nitrogens is 1. The number of pyridine rings is 1. The summed E-state index contributed by atoms with van der Waals surface area (Å²) < 4.78 is 0. The van der Waals surface area contributed by atoms with Crippen molar-refractivity contribution in [1.82, 2.24) is 4.98 Å². The van der Waals surface area contributed by atoms with Crippen molar-refractivity contribution in [3.05, 3.63) is 89.4 Å². The van der Waals surface area contributed by atoms with Gasteiger partial charge in [-0.15, -0.1) is 35.3 Å². The van der Waals surface area contributed by atoms with Crippen LogP contribution in [0.1, 0.15) is 10.6 Å². The molecule has 2 aromatic carbocycles. The molecule has 0 fully saturated rings. The summed E-state index contributed by atoms with van der Waals surface area (Å²) in [6.07, 6.45) is 4.21. The van der Waals surface area contributed by atoms with E-state index in [1.54, 1.807) is 11.3 Å². The quantitative estimate of drug-likeness (QED) is 0.321. The normalized spacial score (nSPS) is 10.8. The van der Waals surface area contributed by atoms with Crippen LogP contribution in [0.3, 0.4) is 0 Å². The first kappa shape index (κ1) is 16.9. The predicted molar refractivity (Wildman–Crippen MR) is 116 cm³/mol. The lowest BCUT2D eigenvalue weighted by atomic mass is 10.2. The van der Waals surface area contributed by atoms with Crippen molar-refractivity contribution in [3.8, 4) is 10.4 Å². The maximum atomic E-state index is 4.67. The Morgan fingerprint density at radius 2 is 1.50 bits per heavy atom. The zero-order valence-electron chi connectivity index (χ0n) is 12.9. The summed E-state index contributed by atoms with van der Waals surface area (Å²) in [5.74, 6) is 0. The molecule has 3 heteroatoms. The topological polar surface area (TPSA) is 12.9 Å². The number of para-hydroxylation sites is 1. The molecule has 0 N–H and O–H groups in total. The zero-order chi connectivity index (χ0) is 15.5. The Bertz CT molecular complexity index is 973. The summed E-state index contributed by atoms with van der Waals surface area (Å²) in [5, 5.41) is 1.17. The van der Waals surface area contributed by atoms with Crippen molar-refractivity contribution in [3.63, 3.8) is 0 Å². The maximum Gasteiger partial charge on any atom is 0.0709 e. The van der Waals surface area contributed by atoms with Crippen LogP contribution in [0.15, 0.2) is 78.9 Å². The lowest BCUT2D eigenvalue weighted by Crippen LogP contribution is -1.81. The fraction of sp³-hybridized carbons (Fsp3) is 0. The van der Waals surface area contributed by atoms with E-state index in [1.807, 2.05) is 24.3 Å². The van der Waals surface area contributed by atoms with E-state index >= 15 is 0 Å². The Hall–Kier alpha value is -1.98. The van der Waals surface area contributed by atoms with Crippen molar-refractivity contribution in [1.29, 1.82) is 0 Å². The Labute approximate surface area is 162 Å². The summed E-state index contributed by atoms with van der Waals surface area (Å²) in [7, 11) is 0. The van der Waals surface area contributed by atoms with Gasteiger partial charge in [0, 0.05) is 15.1 Å². The van der Waals surface area contributed by atoms with E-state index in [1.165, 1.54) is 20.7 Å². The van der Waals surface area contributed by atoms with Crippen LogP contribution in [0.25, 0.3) is 33.5 Å². The Morgan fingerprint density at radius 1 is 0.708 bits per heavy atom. The van der Waals surface area contributed by atoms with E-state index in [0.29, 0.717) is 0 Å². The molecule has 0 bridgehead atoms. The first-order valence-corrected chi connectivity index (χ1v) is 8.39. The molecular formula is C21H16INS. The first-order chi connectivity index (χ1) is 11.4. The van der Waals surface area contributed by atoms with Gasteiger partial charge >= 0.3 is 0 Å². The van der Waals surface area contributed by atoms with Gasteiger partial charge in [0.2, 0.25) is 0 Å². The molecule has 0 saturated heterocycles. The van der Waals surface area contributed by atoms with Crippen molar-refractivity contribution in [2.24, 2.45) is 0 Å². The largest absolute Gasteiger partial charge is 0.248 e. The van der Waals surface area contributed by atoms with Crippen LogP contribution in [0, 0.1) is 0 Å². The molecule has 0 saturated carbocycles. The second-order valence-electron chi connectivity index (χ2n) is 5.33. The summed E-state index contributed by atoms with van der Waals surface area (Å²) in [4.78, 5) is 7.20. The molecule has 0 aliphatic rings. The minimum Gasteiger partial charge on any atom is -0.248 e. The number of benzene rings is 2. The highest BCUT2D eigenvalue weighted by atomic mass is 127. The Kier molecular flexibility index (Phi) is 5.43. The molecule has 0 atom stereocenters. The van der Waals surface area contributed by atoms with Gasteiger partial charge in [-0.05, 0) is 42.0 Å². The van der Waals surface area contributed by atoms with Gasteiger partial charge in [0.05, 0.1) is 11.2 Å². The van der Waals surface area contributed by atoms with E-state index in [4.69, 9.17) is 0 Å². The SMILES string of the molecule is C(=C\c1ccc(-c2ccccc2)s1)/c1ccc2ccccc2n1.I. The van der Waals surface area contributed by atoms with Gasteiger partial charge in [-0.3, -0.25) is 0 Å². The second-order valence-corrected chi connectivity index (χ2v) is 6.45. The van der Waals surface area contributed by atoms with Gasteiger partial charge in [-0.25, -0.2) is 4.98 Å². The summed E-state index contributed by atoms with van der Waals surface area (Å²) >= 11 is 1.79. The van der Waals surface area contributed by atoms with E-state index < -0.39 is 0 Å². The van der Waals surface area contributed by atoms with E-state index in [0.717, 1.165) is 11.2 Å². The average Bonchev–Trinajstić information content (AvgIpc) is 3.10. The van der Waals surface area contributed by atoms with E-state index in [9.17, 15) is 0 Å². The van der Waals surface area contributed by atoms with Gasteiger partial charge in [-0.2, -0.15) is 0 Å². The predicted octanol–water partition coefficient (Wildman–Crippen LogP) is 6.75. The molecule has 2 aromatic heterocycles. The van der Waals surface area contributed by atoms with Gasteiger partial charge in [0.25, 0.3) is 0 Å². The fourth-order valence-corrected chi connectivity index (χ4v) is 3.46. The summed E-state index contributed by atoms with van der Waals surface area (Å²) in [6.45, 7) is 0. The van der Waals surface area contributed by atoms with Gasteiger partial charge in [0.15, 0.2) is 0 Å². The number of hydrogen-bond donors (Lipinski definition) is 0. The molecule has 0 radical (unpaired) electrons. The molecular weight excluding hydrogens is 425 g/mol. The molecule has 1 nitrogen and oxygen atoms in total. The summed E-state index contributed by atoms with van der Waals surface area (Å²) in [6, 6.07) is 27.2. The molecule has 0 aliphatic carbocycles. The number of hydrogen-bond acceptors (Lipinski definition) is 2. The van der Waals surface area contributed by atoms with Crippen LogP contribution in [0.5, 0.6) is 0 Å². The molecule has 2 heterocycles. The van der Waals surface area contributed by atoms with Crippen LogP contribution in [0.4, 0.5) is 0 Å². The van der Waals surface area contributed by atoms with E-state index in [-0.39, 0.29) is 24.0 Å². The molecule has 0 aliphatic heterocycles. The molecule has 0 unspecified atom stereocenters. The Morgan fingerprint density at radius 3 is 2.38 bits per heavy atom. The van der Waals surface area contributed by atoms with Crippen molar-refractivity contribution < 1.29 is 0 Å². The minimum atomic E-state index is 0.